The van der Waals surface area contributed by atoms with Gasteiger partial charge in [-0.1, -0.05) is 67.8 Å². The van der Waals surface area contributed by atoms with Crippen LogP contribution in [0.25, 0.3) is 0 Å². The molecule has 126 valence electrons. The van der Waals surface area contributed by atoms with Crippen molar-refractivity contribution in [2.24, 2.45) is 11.0 Å². The Hall–Kier alpha value is -2.14. The summed E-state index contributed by atoms with van der Waals surface area (Å²) in [6, 6.07) is 18.2. The van der Waals surface area contributed by atoms with E-state index in [1.807, 2.05) is 30.3 Å². The highest BCUT2D eigenvalue weighted by atomic mass is 32.2. The number of sulfonamides is 1. The second-order valence-electron chi connectivity index (χ2n) is 6.11. The lowest BCUT2D eigenvalue weighted by Crippen LogP contribution is -2.25. The molecule has 5 heteroatoms. The number of hydrazone groups is 1. The van der Waals surface area contributed by atoms with Crippen LogP contribution < -0.4 is 4.83 Å². The van der Waals surface area contributed by atoms with E-state index in [9.17, 15) is 8.42 Å². The van der Waals surface area contributed by atoms with Gasteiger partial charge in [-0.2, -0.15) is 18.4 Å². The fraction of sp³-hybridized carbons (Fsp3) is 0.316. The van der Waals surface area contributed by atoms with Crippen LogP contribution in [0.15, 0.2) is 70.7 Å². The maximum Gasteiger partial charge on any atom is 0.276 e. The van der Waals surface area contributed by atoms with Gasteiger partial charge >= 0.3 is 0 Å². The lowest BCUT2D eigenvalue weighted by atomic mass is 9.83. The smallest absolute Gasteiger partial charge is 0.200 e. The van der Waals surface area contributed by atoms with Gasteiger partial charge in [0, 0.05) is 5.92 Å². The summed E-state index contributed by atoms with van der Waals surface area (Å²) < 4.78 is 24.9. The van der Waals surface area contributed by atoms with Gasteiger partial charge in [-0.25, -0.2) is 0 Å². The van der Waals surface area contributed by atoms with Crippen molar-refractivity contribution in [2.45, 2.75) is 37.0 Å². The standard InChI is InChI=1S/C19H22N2O2S/c22-24(23,18-14-8-3-9-15-18)21-20-19(16-10-4-1-5-11-16)17-12-6-2-7-13-17/h1,3-5,8-11,14-15,17,21H,2,6-7,12-13H2/b20-19-. The summed E-state index contributed by atoms with van der Waals surface area (Å²) in [6.45, 7) is 0. The summed E-state index contributed by atoms with van der Waals surface area (Å²) >= 11 is 0. The topological polar surface area (TPSA) is 58.5 Å². The van der Waals surface area contributed by atoms with Gasteiger partial charge < -0.3 is 0 Å². The van der Waals surface area contributed by atoms with Crippen LogP contribution in [0.4, 0.5) is 0 Å². The first kappa shape index (κ1) is 16.7. The molecule has 0 aromatic heterocycles. The molecule has 0 atom stereocenters. The lowest BCUT2D eigenvalue weighted by Gasteiger charge is -2.23. The minimum Gasteiger partial charge on any atom is -0.200 e. The van der Waals surface area contributed by atoms with Crippen LogP contribution in [0, 0.1) is 5.92 Å². The van der Waals surface area contributed by atoms with Crippen LogP contribution in [0.5, 0.6) is 0 Å². The van der Waals surface area contributed by atoms with Crippen molar-refractivity contribution < 1.29 is 8.42 Å². The van der Waals surface area contributed by atoms with E-state index < -0.39 is 10.0 Å². The maximum absolute atomic E-state index is 12.4. The zero-order valence-electron chi connectivity index (χ0n) is 13.6. The average molecular weight is 342 g/mol. The van der Waals surface area contributed by atoms with Crippen LogP contribution >= 0.6 is 0 Å². The fourth-order valence-electron chi connectivity index (χ4n) is 3.14. The molecule has 1 fully saturated rings. The van der Waals surface area contributed by atoms with E-state index in [4.69, 9.17) is 0 Å². The first-order chi connectivity index (χ1) is 11.7. The van der Waals surface area contributed by atoms with Crippen LogP contribution in [-0.4, -0.2) is 14.1 Å². The Morgan fingerprint density at radius 2 is 1.46 bits per heavy atom. The van der Waals surface area contributed by atoms with Crippen LogP contribution in [0.2, 0.25) is 0 Å². The molecule has 0 amide bonds. The molecule has 1 aliphatic rings. The summed E-state index contributed by atoms with van der Waals surface area (Å²) in [5.74, 6) is 0.305. The predicted molar refractivity (Wildman–Crippen MR) is 96.3 cm³/mol. The van der Waals surface area contributed by atoms with E-state index in [-0.39, 0.29) is 4.90 Å². The molecule has 0 heterocycles. The number of nitrogens with one attached hydrogen (secondary N) is 1. The predicted octanol–water partition coefficient (Wildman–Crippen LogP) is 3.95. The third kappa shape index (κ3) is 4.03. The number of nitrogens with zero attached hydrogens (tertiary/aromatic N) is 1. The second kappa shape index (κ2) is 7.62. The van der Waals surface area contributed by atoms with Crippen molar-refractivity contribution in [3.8, 4) is 0 Å². The zero-order chi connectivity index (χ0) is 16.8. The third-order valence-electron chi connectivity index (χ3n) is 4.40. The molecule has 0 saturated heterocycles. The largest absolute Gasteiger partial charge is 0.276 e. The molecule has 0 radical (unpaired) electrons. The average Bonchev–Trinajstić information content (AvgIpc) is 2.64. The Balaban J connectivity index is 1.89. The van der Waals surface area contributed by atoms with Crippen molar-refractivity contribution in [3.05, 3.63) is 66.2 Å². The van der Waals surface area contributed by atoms with Crippen molar-refractivity contribution in [2.75, 3.05) is 0 Å². The molecule has 1 N–H and O–H groups in total. The zero-order valence-corrected chi connectivity index (χ0v) is 14.4. The molecule has 0 bridgehead atoms. The molecule has 0 aliphatic heterocycles. The van der Waals surface area contributed by atoms with Crippen molar-refractivity contribution in [1.82, 2.24) is 4.83 Å². The highest BCUT2D eigenvalue weighted by molar-refractivity contribution is 7.89. The summed E-state index contributed by atoms with van der Waals surface area (Å²) in [5.41, 5.74) is 1.83. The molecule has 4 nitrogen and oxygen atoms in total. The minimum absolute atomic E-state index is 0.227. The van der Waals surface area contributed by atoms with Crippen molar-refractivity contribution in [3.63, 3.8) is 0 Å². The summed E-state index contributed by atoms with van der Waals surface area (Å²) in [6.07, 6.45) is 5.69. The summed E-state index contributed by atoms with van der Waals surface area (Å²) in [5, 5.41) is 4.34. The number of hydrogen-bond donors (Lipinski definition) is 1. The van der Waals surface area contributed by atoms with E-state index in [0.29, 0.717) is 5.92 Å². The normalized spacial score (nSPS) is 16.8. The third-order valence-corrected chi connectivity index (χ3v) is 5.63. The molecular weight excluding hydrogens is 320 g/mol. The summed E-state index contributed by atoms with van der Waals surface area (Å²) in [7, 11) is -3.64. The SMILES string of the molecule is O=S(=O)(N/N=C(/c1ccccc1)C1CCCCC1)c1ccccc1. The molecule has 1 aliphatic carbocycles. The van der Waals surface area contributed by atoms with Crippen LogP contribution in [-0.2, 0) is 10.0 Å². The van der Waals surface area contributed by atoms with Crippen molar-refractivity contribution in [1.29, 1.82) is 0 Å². The second-order valence-corrected chi connectivity index (χ2v) is 7.77. The lowest BCUT2D eigenvalue weighted by molar-refractivity contribution is 0.438. The maximum atomic E-state index is 12.4. The van der Waals surface area contributed by atoms with Gasteiger partial charge in [0.2, 0.25) is 0 Å². The van der Waals surface area contributed by atoms with Crippen molar-refractivity contribution >= 4 is 15.7 Å². The van der Waals surface area contributed by atoms with Gasteiger partial charge in [-0.05, 0) is 30.5 Å². The Morgan fingerprint density at radius 1 is 0.875 bits per heavy atom. The number of benzene rings is 2. The van der Waals surface area contributed by atoms with E-state index >= 15 is 0 Å². The quantitative estimate of drug-likeness (QED) is 0.661. The Labute approximate surface area is 143 Å². The van der Waals surface area contributed by atoms with Crippen LogP contribution in [0.1, 0.15) is 37.7 Å². The first-order valence-corrected chi connectivity index (χ1v) is 9.85. The summed E-state index contributed by atoms with van der Waals surface area (Å²) in [4.78, 5) is 2.66. The van der Waals surface area contributed by atoms with Gasteiger partial charge in [0.25, 0.3) is 10.0 Å². The Morgan fingerprint density at radius 3 is 2.08 bits per heavy atom. The molecule has 2 aromatic rings. The van der Waals surface area contributed by atoms with E-state index in [1.54, 1.807) is 30.3 Å². The van der Waals surface area contributed by atoms with Gasteiger partial charge in [-0.3, -0.25) is 0 Å². The number of rotatable bonds is 5. The molecule has 1 saturated carbocycles. The molecule has 2 aromatic carbocycles. The first-order valence-electron chi connectivity index (χ1n) is 8.37. The molecule has 0 spiro atoms. The van der Waals surface area contributed by atoms with Crippen LogP contribution in [0.3, 0.4) is 0 Å². The molecule has 3 rings (SSSR count). The van der Waals surface area contributed by atoms with E-state index in [2.05, 4.69) is 9.93 Å². The number of hydrogen-bond acceptors (Lipinski definition) is 3. The highest BCUT2D eigenvalue weighted by Crippen LogP contribution is 2.27. The Kier molecular flexibility index (Phi) is 5.30. The van der Waals surface area contributed by atoms with Gasteiger partial charge in [-0.15, -0.1) is 0 Å². The Bertz CT molecular complexity index is 781. The van der Waals surface area contributed by atoms with Gasteiger partial charge in [0.1, 0.15) is 0 Å². The van der Waals surface area contributed by atoms with Gasteiger partial charge in [0.05, 0.1) is 10.6 Å². The van der Waals surface area contributed by atoms with E-state index in [1.165, 1.54) is 19.3 Å². The highest BCUT2D eigenvalue weighted by Gasteiger charge is 2.22. The minimum atomic E-state index is -3.64. The molecular formula is C19H22N2O2S. The monoisotopic (exact) mass is 342 g/mol. The van der Waals surface area contributed by atoms with E-state index in [0.717, 1.165) is 24.1 Å². The molecule has 0 unspecified atom stereocenters. The fourth-order valence-corrected chi connectivity index (χ4v) is 3.98. The van der Waals surface area contributed by atoms with Gasteiger partial charge in [0.15, 0.2) is 0 Å². The molecule has 24 heavy (non-hydrogen) atoms.